The van der Waals surface area contributed by atoms with Gasteiger partial charge in [-0.25, -0.2) is 9.59 Å². The average Bonchev–Trinajstić information content (AvgIpc) is 2.76. The van der Waals surface area contributed by atoms with Gasteiger partial charge in [0.2, 0.25) is 0 Å². The summed E-state index contributed by atoms with van der Waals surface area (Å²) in [6, 6.07) is 14.4. The second-order valence-electron chi connectivity index (χ2n) is 7.03. The number of ether oxygens (including phenoxy) is 2. The number of amides is 1. The highest BCUT2D eigenvalue weighted by Gasteiger charge is 2.36. The van der Waals surface area contributed by atoms with Crippen LogP contribution in [0.2, 0.25) is 0 Å². The number of benzene rings is 2. The molecule has 0 aromatic heterocycles. The summed E-state index contributed by atoms with van der Waals surface area (Å²) in [6.07, 6.45) is 0.556. The quantitative estimate of drug-likeness (QED) is 0.684. The van der Waals surface area contributed by atoms with Crippen molar-refractivity contribution < 1.29 is 28.8 Å². The van der Waals surface area contributed by atoms with Gasteiger partial charge < -0.3 is 19.7 Å². The molecule has 0 fully saturated rings. The Balaban J connectivity index is 1.61. The molecule has 2 aromatic carbocycles. The number of esters is 2. The molecule has 7 nitrogen and oxygen atoms in total. The van der Waals surface area contributed by atoms with Crippen LogP contribution in [0.15, 0.2) is 48.5 Å². The van der Waals surface area contributed by atoms with Gasteiger partial charge in [-0.3, -0.25) is 4.79 Å². The summed E-state index contributed by atoms with van der Waals surface area (Å²) in [6.45, 7) is 1.11. The van der Waals surface area contributed by atoms with Gasteiger partial charge >= 0.3 is 11.9 Å². The Morgan fingerprint density at radius 3 is 2.34 bits per heavy atom. The molecule has 0 saturated carbocycles. The van der Waals surface area contributed by atoms with Crippen LogP contribution in [-0.4, -0.2) is 44.7 Å². The van der Waals surface area contributed by atoms with Crippen molar-refractivity contribution in [3.63, 3.8) is 0 Å². The van der Waals surface area contributed by atoms with Gasteiger partial charge in [0.1, 0.15) is 6.54 Å². The number of methoxy groups -OCH3 is 2. The molecule has 1 amide bonds. The number of fused-ring (bicyclic) bond motifs is 1. The van der Waals surface area contributed by atoms with E-state index in [4.69, 9.17) is 4.74 Å². The number of nitrogens with one attached hydrogen (secondary N) is 2. The van der Waals surface area contributed by atoms with E-state index in [1.54, 1.807) is 24.3 Å². The van der Waals surface area contributed by atoms with E-state index in [1.807, 2.05) is 24.3 Å². The van der Waals surface area contributed by atoms with Crippen LogP contribution in [0.4, 0.5) is 0 Å². The van der Waals surface area contributed by atoms with Crippen molar-refractivity contribution in [1.29, 1.82) is 0 Å². The van der Waals surface area contributed by atoms with Gasteiger partial charge in [0.25, 0.3) is 5.91 Å². The van der Waals surface area contributed by atoms with Crippen LogP contribution in [0, 0.1) is 0 Å². The predicted octanol–water partition coefficient (Wildman–Crippen LogP) is 0.272. The third-order valence-electron chi connectivity index (χ3n) is 5.19. The van der Waals surface area contributed by atoms with Crippen molar-refractivity contribution in [2.24, 2.45) is 0 Å². The number of hydrogen-bond donors (Lipinski definition) is 2. The zero-order valence-corrected chi connectivity index (χ0v) is 16.6. The molecule has 0 radical (unpaired) electrons. The first-order valence-corrected chi connectivity index (χ1v) is 9.45. The third-order valence-corrected chi connectivity index (χ3v) is 5.19. The molecule has 152 valence electrons. The van der Waals surface area contributed by atoms with Crippen molar-refractivity contribution in [3.05, 3.63) is 70.8 Å². The lowest BCUT2D eigenvalue weighted by Gasteiger charge is -2.31. The lowest BCUT2D eigenvalue weighted by atomic mass is 9.94. The molecule has 29 heavy (non-hydrogen) atoms. The first-order valence-electron chi connectivity index (χ1n) is 9.45. The van der Waals surface area contributed by atoms with Gasteiger partial charge in [0.05, 0.1) is 19.8 Å². The second kappa shape index (κ2) is 9.34. The Morgan fingerprint density at radius 2 is 1.69 bits per heavy atom. The average molecular weight is 397 g/mol. The largest absolute Gasteiger partial charge is 0.465 e. The highest BCUT2D eigenvalue weighted by Crippen LogP contribution is 2.14. The van der Waals surface area contributed by atoms with E-state index in [0.29, 0.717) is 25.1 Å². The van der Waals surface area contributed by atoms with E-state index in [2.05, 4.69) is 10.1 Å². The molecule has 7 heteroatoms. The molecule has 1 aliphatic heterocycles. The molecule has 1 aliphatic rings. The van der Waals surface area contributed by atoms with E-state index in [0.717, 1.165) is 21.6 Å². The predicted molar refractivity (Wildman–Crippen MR) is 105 cm³/mol. The highest BCUT2D eigenvalue weighted by molar-refractivity contribution is 5.89. The Bertz CT molecular complexity index is 894. The fourth-order valence-corrected chi connectivity index (χ4v) is 3.59. The maximum atomic E-state index is 12.5. The Morgan fingerprint density at radius 1 is 1.00 bits per heavy atom. The van der Waals surface area contributed by atoms with E-state index in [-0.39, 0.29) is 18.4 Å². The minimum absolute atomic E-state index is 0.148. The van der Waals surface area contributed by atoms with Crippen molar-refractivity contribution in [3.8, 4) is 0 Å². The Hall–Kier alpha value is -3.19. The van der Waals surface area contributed by atoms with Crippen LogP contribution >= 0.6 is 0 Å². The van der Waals surface area contributed by atoms with Crippen molar-refractivity contribution in [2.75, 3.05) is 20.8 Å². The molecule has 1 heterocycles. The van der Waals surface area contributed by atoms with E-state index in [9.17, 15) is 14.4 Å². The van der Waals surface area contributed by atoms with Crippen molar-refractivity contribution in [1.82, 2.24) is 5.32 Å². The third kappa shape index (κ3) is 5.00. The molecule has 0 aliphatic carbocycles. The molecule has 2 atom stereocenters. The lowest BCUT2D eigenvalue weighted by molar-refractivity contribution is -0.924. The van der Waals surface area contributed by atoms with Gasteiger partial charge in [0, 0.05) is 18.5 Å². The van der Waals surface area contributed by atoms with Crippen LogP contribution in [0.5, 0.6) is 0 Å². The summed E-state index contributed by atoms with van der Waals surface area (Å²) in [5.41, 5.74) is 3.60. The number of rotatable bonds is 6. The monoisotopic (exact) mass is 397 g/mol. The number of hydrogen-bond acceptors (Lipinski definition) is 5. The molecule has 2 N–H and O–H groups in total. The highest BCUT2D eigenvalue weighted by atomic mass is 16.5. The number of carbonyl (C=O) groups is 3. The first kappa shape index (κ1) is 20.5. The summed E-state index contributed by atoms with van der Waals surface area (Å²) >= 11 is 0. The molecule has 0 bridgehead atoms. The topological polar surface area (TPSA) is 86.1 Å². The zero-order valence-electron chi connectivity index (χ0n) is 16.6. The molecule has 0 spiro atoms. The molecule has 0 saturated heterocycles. The number of quaternary nitrogens is 1. The molecule has 3 rings (SSSR count). The Labute approximate surface area is 169 Å². The summed E-state index contributed by atoms with van der Waals surface area (Å²) < 4.78 is 9.63. The minimum Gasteiger partial charge on any atom is -0.465 e. The van der Waals surface area contributed by atoms with E-state index < -0.39 is 12.0 Å². The smallest absolute Gasteiger partial charge is 0.365 e. The van der Waals surface area contributed by atoms with Gasteiger partial charge in [-0.15, -0.1) is 0 Å². The van der Waals surface area contributed by atoms with Crippen LogP contribution in [0.1, 0.15) is 27.0 Å². The fraction of sp³-hybridized carbons (Fsp3) is 0.318. The molecule has 1 unspecified atom stereocenters. The molecule has 2 aromatic rings. The minimum atomic E-state index is -0.403. The second-order valence-corrected chi connectivity index (χ2v) is 7.03. The summed E-state index contributed by atoms with van der Waals surface area (Å²) in [7, 11) is 2.71. The van der Waals surface area contributed by atoms with Crippen LogP contribution in [-0.2, 0) is 38.6 Å². The molecular weight excluding hydrogens is 372 g/mol. The van der Waals surface area contributed by atoms with Gasteiger partial charge in [-0.2, -0.15) is 0 Å². The summed E-state index contributed by atoms with van der Waals surface area (Å²) in [4.78, 5) is 37.1. The molecular formula is C22H25N2O5+. The van der Waals surface area contributed by atoms with Crippen LogP contribution in [0.3, 0.4) is 0 Å². The van der Waals surface area contributed by atoms with Gasteiger partial charge in [-0.1, -0.05) is 36.4 Å². The number of carbonyl (C=O) groups excluding carboxylic acids is 3. The fourth-order valence-electron chi connectivity index (χ4n) is 3.59. The maximum absolute atomic E-state index is 12.5. The van der Waals surface area contributed by atoms with E-state index >= 15 is 0 Å². The van der Waals surface area contributed by atoms with Gasteiger partial charge in [0.15, 0.2) is 12.6 Å². The SMILES string of the molecule is COC(=O)c1ccc(CNC(=O)C[NH+]2Cc3ccccc3C[C@@H]2C(=O)OC)cc1. The van der Waals surface area contributed by atoms with Crippen LogP contribution in [0.25, 0.3) is 0 Å². The van der Waals surface area contributed by atoms with Crippen molar-refractivity contribution >= 4 is 17.8 Å². The first-order chi connectivity index (χ1) is 14.0. The van der Waals surface area contributed by atoms with Crippen molar-refractivity contribution in [2.45, 2.75) is 25.6 Å². The van der Waals surface area contributed by atoms with Gasteiger partial charge in [-0.05, 0) is 23.3 Å². The maximum Gasteiger partial charge on any atom is 0.365 e. The summed E-state index contributed by atoms with van der Waals surface area (Å²) in [5.74, 6) is -0.852. The standard InChI is InChI=1S/C22H24N2O5/c1-28-21(26)16-9-7-15(8-10-16)12-23-20(25)14-24-13-18-6-4-3-5-17(18)11-19(24)22(27)29-2/h3-10,19H,11-14H2,1-2H3,(H,23,25)/p+1/t19-/m1/s1. The summed E-state index contributed by atoms with van der Waals surface area (Å²) in [5, 5.41) is 2.88. The zero-order chi connectivity index (χ0) is 20.8. The van der Waals surface area contributed by atoms with Crippen LogP contribution < -0.4 is 10.2 Å². The van der Waals surface area contributed by atoms with E-state index in [1.165, 1.54) is 14.2 Å². The lowest BCUT2D eigenvalue weighted by Crippen LogP contribution is -3.17. The normalized spacial score (nSPS) is 17.7. The Kier molecular flexibility index (Phi) is 6.61.